The lowest BCUT2D eigenvalue weighted by atomic mass is 10.2. The van der Waals surface area contributed by atoms with Gasteiger partial charge in [0.15, 0.2) is 0 Å². The maximum atomic E-state index is 11.8. The number of fused-ring (bicyclic) bond motifs is 1. The fraction of sp³-hybridized carbons (Fsp3) is 0.471. The van der Waals surface area contributed by atoms with Gasteiger partial charge in [0.25, 0.3) is 0 Å². The molecule has 6 heteroatoms. The van der Waals surface area contributed by atoms with E-state index in [4.69, 9.17) is 9.47 Å². The van der Waals surface area contributed by atoms with Gasteiger partial charge in [-0.15, -0.1) is 0 Å². The number of benzene rings is 1. The van der Waals surface area contributed by atoms with Crippen LogP contribution < -0.4 is 10.1 Å². The molecule has 0 aliphatic heterocycles. The van der Waals surface area contributed by atoms with Crippen LogP contribution in [0.4, 0.5) is 0 Å². The van der Waals surface area contributed by atoms with Gasteiger partial charge in [-0.3, -0.25) is 0 Å². The molecule has 0 amide bonds. The average molecular weight is 320 g/mol. The summed E-state index contributed by atoms with van der Waals surface area (Å²) in [7, 11) is 0. The number of carbonyl (C=O) groups is 1. The van der Waals surface area contributed by atoms with Gasteiger partial charge in [-0.2, -0.15) is 0 Å². The number of hydrogen-bond donors (Lipinski definition) is 3. The highest BCUT2D eigenvalue weighted by Gasteiger charge is 2.14. The number of esters is 1. The molecule has 1 aromatic heterocycles. The Kier molecular flexibility index (Phi) is 6.01. The number of aromatic amines is 1. The Balaban J connectivity index is 2.07. The molecule has 0 bridgehead atoms. The van der Waals surface area contributed by atoms with E-state index in [1.54, 1.807) is 13.0 Å². The second-order valence-electron chi connectivity index (χ2n) is 5.65. The summed E-state index contributed by atoms with van der Waals surface area (Å²) in [6.45, 7) is 6.78. The number of carbonyl (C=O) groups excluding carboxylic acids is 1. The van der Waals surface area contributed by atoms with Crippen molar-refractivity contribution in [2.24, 2.45) is 0 Å². The fourth-order valence-corrected chi connectivity index (χ4v) is 2.19. The van der Waals surface area contributed by atoms with Gasteiger partial charge in [0.05, 0.1) is 6.61 Å². The molecule has 0 saturated carbocycles. The zero-order valence-electron chi connectivity index (χ0n) is 13.8. The smallest absolute Gasteiger partial charge is 0.354 e. The summed E-state index contributed by atoms with van der Waals surface area (Å²) in [4.78, 5) is 14.8. The van der Waals surface area contributed by atoms with Crippen LogP contribution in [0, 0.1) is 0 Å². The molecule has 1 unspecified atom stereocenters. The number of ether oxygens (including phenoxy) is 2. The first-order chi connectivity index (χ1) is 11.0. The van der Waals surface area contributed by atoms with Gasteiger partial charge >= 0.3 is 5.97 Å². The van der Waals surface area contributed by atoms with Crippen LogP contribution in [0.25, 0.3) is 10.9 Å². The zero-order chi connectivity index (χ0) is 16.8. The molecular formula is C17H24N2O4. The second kappa shape index (κ2) is 7.99. The molecule has 0 radical (unpaired) electrons. The lowest BCUT2D eigenvalue weighted by Crippen LogP contribution is -2.35. The van der Waals surface area contributed by atoms with Crippen molar-refractivity contribution >= 4 is 16.9 Å². The predicted octanol–water partition coefficient (Wildman–Crippen LogP) is 2.08. The van der Waals surface area contributed by atoms with E-state index in [9.17, 15) is 9.90 Å². The van der Waals surface area contributed by atoms with E-state index in [1.807, 2.05) is 32.0 Å². The lowest BCUT2D eigenvalue weighted by Gasteiger charge is -2.15. The van der Waals surface area contributed by atoms with Gasteiger partial charge in [0.2, 0.25) is 0 Å². The predicted molar refractivity (Wildman–Crippen MR) is 88.9 cm³/mol. The monoisotopic (exact) mass is 320 g/mol. The molecule has 3 N–H and O–H groups in total. The largest absolute Gasteiger partial charge is 0.490 e. The van der Waals surface area contributed by atoms with E-state index in [0.29, 0.717) is 30.6 Å². The summed E-state index contributed by atoms with van der Waals surface area (Å²) in [5.41, 5.74) is 1.18. The Morgan fingerprint density at radius 1 is 1.39 bits per heavy atom. The van der Waals surface area contributed by atoms with E-state index >= 15 is 0 Å². The van der Waals surface area contributed by atoms with Crippen molar-refractivity contribution in [2.75, 3.05) is 19.8 Å². The van der Waals surface area contributed by atoms with Gasteiger partial charge in [-0.05, 0) is 25.1 Å². The van der Waals surface area contributed by atoms with Crippen molar-refractivity contribution in [3.05, 3.63) is 30.0 Å². The van der Waals surface area contributed by atoms with Crippen LogP contribution in [-0.4, -0.2) is 48.0 Å². The molecule has 23 heavy (non-hydrogen) atoms. The van der Waals surface area contributed by atoms with Crippen molar-refractivity contribution in [1.29, 1.82) is 0 Å². The van der Waals surface area contributed by atoms with Crippen LogP contribution in [0.5, 0.6) is 5.75 Å². The fourth-order valence-electron chi connectivity index (χ4n) is 2.19. The summed E-state index contributed by atoms with van der Waals surface area (Å²) in [5.74, 6) is 0.230. The molecule has 0 aliphatic carbocycles. The van der Waals surface area contributed by atoms with E-state index < -0.39 is 12.1 Å². The van der Waals surface area contributed by atoms with Crippen LogP contribution in [0.15, 0.2) is 24.3 Å². The van der Waals surface area contributed by atoms with Crippen molar-refractivity contribution in [3.63, 3.8) is 0 Å². The first-order valence-electron chi connectivity index (χ1n) is 7.84. The summed E-state index contributed by atoms with van der Waals surface area (Å²) in [5, 5.41) is 13.9. The van der Waals surface area contributed by atoms with Crippen molar-refractivity contribution in [3.8, 4) is 5.75 Å². The molecule has 0 spiro atoms. The standard InChI is InChI=1S/C17H24N2O4/c1-4-22-17(21)15-8-13-14(19-15)6-5-7-16(13)23-10-12(20)9-18-11(2)3/h5-8,11-12,18-20H,4,9-10H2,1-3H3. The Labute approximate surface area is 135 Å². The average Bonchev–Trinajstić information content (AvgIpc) is 2.95. The number of rotatable bonds is 8. The molecule has 1 aromatic carbocycles. The highest BCUT2D eigenvalue weighted by molar-refractivity contribution is 5.97. The van der Waals surface area contributed by atoms with Gasteiger partial charge in [0.1, 0.15) is 24.2 Å². The third-order valence-electron chi connectivity index (χ3n) is 3.31. The molecule has 0 fully saturated rings. The summed E-state index contributed by atoms with van der Waals surface area (Å²) >= 11 is 0. The molecule has 2 aromatic rings. The zero-order valence-corrected chi connectivity index (χ0v) is 13.8. The van der Waals surface area contributed by atoms with Gasteiger partial charge in [-0.25, -0.2) is 4.79 Å². The van der Waals surface area contributed by atoms with Crippen molar-refractivity contribution < 1.29 is 19.4 Å². The maximum absolute atomic E-state index is 11.8. The molecule has 6 nitrogen and oxygen atoms in total. The molecule has 2 rings (SSSR count). The molecule has 1 atom stereocenters. The van der Waals surface area contributed by atoms with Crippen molar-refractivity contribution in [1.82, 2.24) is 10.3 Å². The first-order valence-corrected chi connectivity index (χ1v) is 7.84. The van der Waals surface area contributed by atoms with Gasteiger partial charge < -0.3 is 24.9 Å². The summed E-state index contributed by atoms with van der Waals surface area (Å²) in [6, 6.07) is 7.53. The van der Waals surface area contributed by atoms with Crippen LogP contribution in [-0.2, 0) is 4.74 Å². The Morgan fingerprint density at radius 2 is 2.17 bits per heavy atom. The number of hydrogen-bond acceptors (Lipinski definition) is 5. The summed E-state index contributed by atoms with van der Waals surface area (Å²) < 4.78 is 10.7. The maximum Gasteiger partial charge on any atom is 0.354 e. The molecule has 0 aliphatic rings. The highest BCUT2D eigenvalue weighted by atomic mass is 16.5. The summed E-state index contributed by atoms with van der Waals surface area (Å²) in [6.07, 6.45) is -0.601. The molecule has 0 saturated heterocycles. The van der Waals surface area contributed by atoms with Crippen LogP contribution in [0.3, 0.4) is 0 Å². The number of H-pyrrole nitrogens is 1. The second-order valence-corrected chi connectivity index (χ2v) is 5.65. The first kappa shape index (κ1) is 17.3. The number of aromatic nitrogens is 1. The topological polar surface area (TPSA) is 83.6 Å². The minimum absolute atomic E-state index is 0.179. The third-order valence-corrected chi connectivity index (χ3v) is 3.31. The lowest BCUT2D eigenvalue weighted by molar-refractivity contribution is 0.0520. The third kappa shape index (κ3) is 4.71. The Hall–Kier alpha value is -2.05. The van der Waals surface area contributed by atoms with E-state index in [-0.39, 0.29) is 6.61 Å². The van der Waals surface area contributed by atoms with E-state index in [0.717, 1.165) is 10.9 Å². The molecule has 126 valence electrons. The van der Waals surface area contributed by atoms with Crippen LogP contribution in [0.2, 0.25) is 0 Å². The highest BCUT2D eigenvalue weighted by Crippen LogP contribution is 2.26. The molecule has 1 heterocycles. The Morgan fingerprint density at radius 3 is 2.87 bits per heavy atom. The Bertz CT molecular complexity index is 651. The van der Waals surface area contributed by atoms with Gasteiger partial charge in [-0.1, -0.05) is 19.9 Å². The normalized spacial score (nSPS) is 12.6. The van der Waals surface area contributed by atoms with Crippen LogP contribution >= 0.6 is 0 Å². The quantitative estimate of drug-likeness (QED) is 0.649. The SMILES string of the molecule is CCOC(=O)c1cc2c(OCC(O)CNC(C)C)cccc2[nH]1. The van der Waals surface area contributed by atoms with E-state index in [2.05, 4.69) is 10.3 Å². The number of nitrogens with one attached hydrogen (secondary N) is 2. The van der Waals surface area contributed by atoms with Crippen molar-refractivity contribution in [2.45, 2.75) is 32.9 Å². The minimum Gasteiger partial charge on any atom is -0.490 e. The minimum atomic E-state index is -0.601. The van der Waals surface area contributed by atoms with Gasteiger partial charge in [0, 0.05) is 23.5 Å². The molecular weight excluding hydrogens is 296 g/mol. The van der Waals surface area contributed by atoms with Crippen LogP contribution in [0.1, 0.15) is 31.3 Å². The van der Waals surface area contributed by atoms with E-state index in [1.165, 1.54) is 0 Å². The number of aliphatic hydroxyl groups excluding tert-OH is 1. The number of aliphatic hydroxyl groups is 1.